The maximum atomic E-state index is 13.6. The van der Waals surface area contributed by atoms with E-state index in [2.05, 4.69) is 4.98 Å². The van der Waals surface area contributed by atoms with Crippen molar-refractivity contribution in [2.24, 2.45) is 0 Å². The van der Waals surface area contributed by atoms with E-state index in [1.165, 1.54) is 19.2 Å². The number of carbonyl (C=O) groups excluding carboxylic acids is 1. The number of aromatic nitrogens is 1. The lowest BCUT2D eigenvalue weighted by molar-refractivity contribution is 0.102. The first-order valence-electron chi connectivity index (χ1n) is 11.1. The number of ketones is 1. The minimum Gasteiger partial charge on any atom is -0.508 e. The highest BCUT2D eigenvalue weighted by atomic mass is 16.5. The fourth-order valence-corrected chi connectivity index (χ4v) is 5.22. The van der Waals surface area contributed by atoms with Crippen LogP contribution in [-0.4, -0.2) is 38.3 Å². The summed E-state index contributed by atoms with van der Waals surface area (Å²) in [6.07, 6.45) is 0. The van der Waals surface area contributed by atoms with Crippen LogP contribution >= 0.6 is 0 Å². The van der Waals surface area contributed by atoms with Crippen LogP contribution in [0.4, 0.5) is 0 Å². The highest BCUT2D eigenvalue weighted by Crippen LogP contribution is 2.51. The minimum absolute atomic E-state index is 0.0417. The van der Waals surface area contributed by atoms with E-state index < -0.39 is 11.2 Å². The Morgan fingerprint density at radius 2 is 1.49 bits per heavy atom. The second kappa shape index (κ2) is 7.37. The molecule has 0 unspecified atom stereocenters. The van der Waals surface area contributed by atoms with Gasteiger partial charge in [0.25, 0.3) is 0 Å². The number of phenols is 4. The number of hydrogen-bond acceptors (Lipinski definition) is 7. The Morgan fingerprint density at radius 3 is 2.14 bits per heavy atom. The van der Waals surface area contributed by atoms with Gasteiger partial charge in [0.05, 0.1) is 29.3 Å². The van der Waals surface area contributed by atoms with Gasteiger partial charge in [-0.1, -0.05) is 13.8 Å². The molecular formula is C28H25NO6. The molecule has 1 aromatic heterocycles. The van der Waals surface area contributed by atoms with Gasteiger partial charge in [-0.25, -0.2) is 0 Å². The number of hydrogen-bond donors (Lipinski definition) is 4. The molecule has 4 N–H and O–H groups in total. The number of benzene rings is 3. The largest absolute Gasteiger partial charge is 0.508 e. The molecule has 0 saturated carbocycles. The van der Waals surface area contributed by atoms with Gasteiger partial charge in [0.2, 0.25) is 5.78 Å². The zero-order valence-corrected chi connectivity index (χ0v) is 20.0. The summed E-state index contributed by atoms with van der Waals surface area (Å²) in [4.78, 5) is 18.3. The Labute approximate surface area is 201 Å². The van der Waals surface area contributed by atoms with Crippen LogP contribution in [0.3, 0.4) is 0 Å². The number of fused-ring (bicyclic) bond motifs is 3. The molecule has 0 bridgehead atoms. The number of rotatable bonds is 2. The first-order valence-corrected chi connectivity index (χ1v) is 11.1. The normalized spacial score (nSPS) is 14.0. The SMILES string of the molecule is COc1cc(C)c(-c2nc(C)cc3cc4c(c(O)c23)C(=O)c2c(O)cc(O)cc2C4(C)C)c(O)c1. The van der Waals surface area contributed by atoms with Crippen LogP contribution in [0.2, 0.25) is 0 Å². The van der Waals surface area contributed by atoms with Crippen molar-refractivity contribution in [3.8, 4) is 40.0 Å². The average molecular weight is 472 g/mol. The van der Waals surface area contributed by atoms with E-state index in [1.54, 1.807) is 13.0 Å². The first kappa shape index (κ1) is 22.5. The Hall–Kier alpha value is -4.26. The molecular weight excluding hydrogens is 446 g/mol. The predicted molar refractivity (Wildman–Crippen MR) is 132 cm³/mol. The van der Waals surface area contributed by atoms with Gasteiger partial charge in [-0.05, 0) is 60.2 Å². The third kappa shape index (κ3) is 3.11. The highest BCUT2D eigenvalue weighted by Gasteiger charge is 2.41. The maximum absolute atomic E-state index is 13.6. The molecule has 1 aliphatic carbocycles. The number of carbonyl (C=O) groups is 1. The van der Waals surface area contributed by atoms with Gasteiger partial charge in [0.1, 0.15) is 28.7 Å². The van der Waals surface area contributed by atoms with E-state index in [9.17, 15) is 25.2 Å². The van der Waals surface area contributed by atoms with E-state index >= 15 is 0 Å². The zero-order chi connectivity index (χ0) is 25.4. The summed E-state index contributed by atoms with van der Waals surface area (Å²) in [5.41, 5.74) is 2.44. The van der Waals surface area contributed by atoms with Crippen molar-refractivity contribution in [1.29, 1.82) is 0 Å². The van der Waals surface area contributed by atoms with Crippen LogP contribution in [0.1, 0.15) is 52.2 Å². The third-order valence-corrected chi connectivity index (χ3v) is 6.88. The van der Waals surface area contributed by atoms with Gasteiger partial charge in [0, 0.05) is 28.8 Å². The van der Waals surface area contributed by atoms with Gasteiger partial charge in [-0.2, -0.15) is 0 Å². The molecule has 35 heavy (non-hydrogen) atoms. The smallest absolute Gasteiger partial charge is 0.201 e. The summed E-state index contributed by atoms with van der Waals surface area (Å²) in [5.74, 6) is -0.908. The molecule has 7 heteroatoms. The number of pyridine rings is 1. The van der Waals surface area contributed by atoms with Gasteiger partial charge in [-0.3, -0.25) is 9.78 Å². The first-order chi connectivity index (χ1) is 16.4. The molecule has 0 spiro atoms. The Bertz CT molecular complexity index is 1560. The summed E-state index contributed by atoms with van der Waals surface area (Å²) < 4.78 is 5.25. The molecule has 0 fully saturated rings. The van der Waals surface area contributed by atoms with Gasteiger partial charge >= 0.3 is 0 Å². The molecule has 5 rings (SSSR count). The fraction of sp³-hybridized carbons (Fsp3) is 0.214. The van der Waals surface area contributed by atoms with Gasteiger partial charge in [0.15, 0.2) is 0 Å². The number of aryl methyl sites for hydroxylation is 2. The maximum Gasteiger partial charge on any atom is 0.201 e. The Morgan fingerprint density at radius 1 is 0.829 bits per heavy atom. The quantitative estimate of drug-likeness (QED) is 0.316. The second-order valence-corrected chi connectivity index (χ2v) is 9.54. The van der Waals surface area contributed by atoms with E-state index in [0.29, 0.717) is 50.2 Å². The van der Waals surface area contributed by atoms with Crippen LogP contribution < -0.4 is 4.74 Å². The average Bonchev–Trinajstić information content (AvgIpc) is 2.76. The van der Waals surface area contributed by atoms with Crippen molar-refractivity contribution >= 4 is 16.6 Å². The monoisotopic (exact) mass is 471 g/mol. The van der Waals surface area contributed by atoms with Crippen LogP contribution in [0.25, 0.3) is 22.0 Å². The van der Waals surface area contributed by atoms with Crippen molar-refractivity contribution in [2.45, 2.75) is 33.1 Å². The predicted octanol–water partition coefficient (Wildman–Crippen LogP) is 5.22. The highest BCUT2D eigenvalue weighted by molar-refractivity contribution is 6.20. The molecule has 0 aliphatic heterocycles. The van der Waals surface area contributed by atoms with E-state index in [4.69, 9.17) is 4.74 Å². The summed E-state index contributed by atoms with van der Waals surface area (Å²) in [5, 5.41) is 44.0. The molecule has 3 aromatic carbocycles. The standard InChI is InChI=1S/C28H25NO6/c1-12-6-16(35-5)11-20(32)21(12)25-22-14(7-13(2)29-25)8-17-24(26(22)33)27(34)23-18(28(17,3)4)9-15(30)10-19(23)31/h6-11,30-33H,1-5H3. The van der Waals surface area contributed by atoms with Gasteiger partial charge < -0.3 is 25.2 Å². The third-order valence-electron chi connectivity index (χ3n) is 6.88. The molecule has 0 radical (unpaired) electrons. The molecule has 0 amide bonds. The van der Waals surface area contributed by atoms with E-state index in [1.807, 2.05) is 32.9 Å². The van der Waals surface area contributed by atoms with Crippen LogP contribution in [0.5, 0.6) is 28.7 Å². The van der Waals surface area contributed by atoms with E-state index in [0.717, 1.165) is 6.07 Å². The number of methoxy groups -OCH3 is 1. The second-order valence-electron chi connectivity index (χ2n) is 9.54. The topological polar surface area (TPSA) is 120 Å². The van der Waals surface area contributed by atoms with Crippen LogP contribution in [-0.2, 0) is 5.41 Å². The number of aromatic hydroxyl groups is 4. The van der Waals surface area contributed by atoms with Crippen molar-refractivity contribution in [2.75, 3.05) is 7.11 Å². The Balaban J connectivity index is 1.90. The molecule has 178 valence electrons. The lowest BCUT2D eigenvalue weighted by atomic mass is 9.67. The minimum atomic E-state index is -0.810. The molecule has 4 aromatic rings. The van der Waals surface area contributed by atoms with Gasteiger partial charge in [-0.15, -0.1) is 0 Å². The lowest BCUT2D eigenvalue weighted by Crippen LogP contribution is -2.30. The van der Waals surface area contributed by atoms with Crippen LogP contribution in [0.15, 0.2) is 36.4 Å². The number of phenolic OH excluding ortho intramolecular Hbond substituents is 4. The lowest BCUT2D eigenvalue weighted by Gasteiger charge is -2.35. The number of nitrogens with zero attached hydrogens (tertiary/aromatic N) is 1. The fourth-order valence-electron chi connectivity index (χ4n) is 5.22. The molecule has 7 nitrogen and oxygen atoms in total. The van der Waals surface area contributed by atoms with Crippen molar-refractivity contribution in [3.05, 3.63) is 69.9 Å². The molecule has 0 saturated heterocycles. The molecule has 1 heterocycles. The summed E-state index contributed by atoms with van der Waals surface area (Å²) in [6.45, 7) is 7.36. The van der Waals surface area contributed by atoms with Crippen molar-refractivity contribution < 1.29 is 30.0 Å². The Kier molecular flexibility index (Phi) is 4.74. The number of ether oxygens (including phenoxy) is 1. The van der Waals surface area contributed by atoms with Crippen molar-refractivity contribution in [3.63, 3.8) is 0 Å². The van der Waals surface area contributed by atoms with Crippen LogP contribution in [0, 0.1) is 13.8 Å². The van der Waals surface area contributed by atoms with Crippen molar-refractivity contribution in [1.82, 2.24) is 4.98 Å². The summed E-state index contributed by atoms with van der Waals surface area (Å²) in [7, 11) is 1.51. The molecule has 0 atom stereocenters. The molecule has 1 aliphatic rings. The zero-order valence-electron chi connectivity index (χ0n) is 20.0. The summed E-state index contributed by atoms with van der Waals surface area (Å²) in [6, 6.07) is 9.47. The summed E-state index contributed by atoms with van der Waals surface area (Å²) >= 11 is 0. The van der Waals surface area contributed by atoms with E-state index in [-0.39, 0.29) is 34.1 Å².